The van der Waals surface area contributed by atoms with Crippen LogP contribution in [0.25, 0.3) is 11.2 Å². The van der Waals surface area contributed by atoms with E-state index in [2.05, 4.69) is 37.3 Å². The highest BCUT2D eigenvalue weighted by molar-refractivity contribution is 5.93. The Labute approximate surface area is 182 Å². The highest BCUT2D eigenvalue weighted by atomic mass is 19.1. The van der Waals surface area contributed by atoms with Gasteiger partial charge in [0.25, 0.3) is 5.88 Å². The van der Waals surface area contributed by atoms with Gasteiger partial charge >= 0.3 is 0 Å². The van der Waals surface area contributed by atoms with Gasteiger partial charge in [0.2, 0.25) is 11.9 Å². The van der Waals surface area contributed by atoms with Gasteiger partial charge in [-0.05, 0) is 0 Å². The molecule has 1 aliphatic heterocycles. The van der Waals surface area contributed by atoms with Gasteiger partial charge in [0.05, 0.1) is 38.8 Å². The van der Waals surface area contributed by atoms with Gasteiger partial charge in [0, 0.05) is 26.2 Å². The minimum atomic E-state index is -1.34. The molecule has 1 amide bonds. The average molecular weight is 445 g/mol. The zero-order valence-electron chi connectivity index (χ0n) is 17.9. The van der Waals surface area contributed by atoms with Crippen LogP contribution in [0.5, 0.6) is 5.88 Å². The molecule has 0 saturated carbocycles. The molecule has 3 N–H and O–H groups in total. The molecule has 1 saturated heterocycles. The predicted octanol–water partition coefficient (Wildman–Crippen LogP) is 0.0404. The van der Waals surface area contributed by atoms with Gasteiger partial charge in [-0.2, -0.15) is 9.97 Å². The predicted molar refractivity (Wildman–Crippen MR) is 115 cm³/mol. The molecule has 0 radical (unpaired) electrons. The lowest BCUT2D eigenvalue weighted by Crippen LogP contribution is -2.42. The van der Waals surface area contributed by atoms with E-state index in [0.29, 0.717) is 28.5 Å². The van der Waals surface area contributed by atoms with E-state index in [9.17, 15) is 9.18 Å². The maximum Gasteiger partial charge on any atom is 0.256 e. The molecule has 0 aromatic carbocycles. The number of fused-ring (bicyclic) bond motifs is 1. The SMILES string of the molecule is C=C(CO)C(=O)N[C@@H]1CN(c2nc(Nc3cn(C)nc3OC)c3ncn(C)c3n2)C[C@H]1F. The number of rotatable bonds is 7. The van der Waals surface area contributed by atoms with E-state index in [1.165, 1.54) is 7.11 Å². The monoisotopic (exact) mass is 445 g/mol. The van der Waals surface area contributed by atoms with Crippen LogP contribution in [0.4, 0.5) is 21.8 Å². The van der Waals surface area contributed by atoms with Gasteiger partial charge in [-0.1, -0.05) is 6.58 Å². The van der Waals surface area contributed by atoms with Crippen molar-refractivity contribution < 1.29 is 19.0 Å². The van der Waals surface area contributed by atoms with Crippen LogP contribution < -0.4 is 20.3 Å². The Hall–Kier alpha value is -3.74. The van der Waals surface area contributed by atoms with Gasteiger partial charge in [-0.3, -0.25) is 9.48 Å². The van der Waals surface area contributed by atoms with Crippen LogP contribution in [-0.2, 0) is 18.9 Å². The molecule has 170 valence electrons. The van der Waals surface area contributed by atoms with Crippen molar-refractivity contribution in [2.75, 3.05) is 37.0 Å². The van der Waals surface area contributed by atoms with Crippen LogP contribution in [-0.4, -0.2) is 79.3 Å². The summed E-state index contributed by atoms with van der Waals surface area (Å²) >= 11 is 0. The molecule has 1 fully saturated rings. The van der Waals surface area contributed by atoms with Crippen LogP contribution in [0, 0.1) is 0 Å². The second kappa shape index (κ2) is 8.42. The summed E-state index contributed by atoms with van der Waals surface area (Å²) in [4.78, 5) is 27.1. The van der Waals surface area contributed by atoms with Crippen molar-refractivity contribution >= 4 is 34.5 Å². The second-order valence-electron chi connectivity index (χ2n) is 7.51. The van der Waals surface area contributed by atoms with E-state index >= 15 is 0 Å². The molecule has 0 aliphatic carbocycles. The van der Waals surface area contributed by atoms with Crippen molar-refractivity contribution in [1.29, 1.82) is 0 Å². The summed E-state index contributed by atoms with van der Waals surface area (Å²) in [5, 5.41) is 19.0. The van der Waals surface area contributed by atoms with Gasteiger partial charge in [-0.15, -0.1) is 5.10 Å². The maximum atomic E-state index is 14.7. The van der Waals surface area contributed by atoms with Crippen LogP contribution in [0.3, 0.4) is 0 Å². The number of hydrogen-bond acceptors (Lipinski definition) is 9. The Kier molecular flexibility index (Phi) is 5.65. The number of anilines is 3. The minimum Gasteiger partial charge on any atom is -0.478 e. The first kappa shape index (κ1) is 21.5. The number of aromatic nitrogens is 6. The average Bonchev–Trinajstić information content (AvgIpc) is 3.44. The van der Waals surface area contributed by atoms with Gasteiger partial charge in [-0.25, -0.2) is 9.37 Å². The fraction of sp³-hybridized carbons (Fsp3) is 0.421. The third kappa shape index (κ3) is 3.93. The third-order valence-electron chi connectivity index (χ3n) is 5.15. The Morgan fingerprint density at radius 1 is 1.38 bits per heavy atom. The summed E-state index contributed by atoms with van der Waals surface area (Å²) in [5.74, 6) is 0.491. The Morgan fingerprint density at radius 2 is 2.16 bits per heavy atom. The van der Waals surface area contributed by atoms with E-state index in [0.717, 1.165) is 0 Å². The highest BCUT2D eigenvalue weighted by Gasteiger charge is 2.36. The van der Waals surface area contributed by atoms with E-state index < -0.39 is 24.7 Å². The Balaban J connectivity index is 1.64. The van der Waals surface area contributed by atoms with Crippen molar-refractivity contribution in [3.05, 3.63) is 24.7 Å². The number of carbonyl (C=O) groups excluding carboxylic acids is 1. The number of aliphatic hydroxyl groups is 1. The molecule has 3 aromatic rings. The molecular formula is C19H24FN9O3. The number of carbonyl (C=O) groups is 1. The van der Waals surface area contributed by atoms with E-state index in [4.69, 9.17) is 9.84 Å². The molecule has 0 spiro atoms. The maximum absolute atomic E-state index is 14.7. The third-order valence-corrected chi connectivity index (χ3v) is 5.15. The zero-order valence-corrected chi connectivity index (χ0v) is 17.9. The molecule has 13 heteroatoms. The summed E-state index contributed by atoms with van der Waals surface area (Å²) in [6.45, 7) is 3.12. The molecule has 3 aromatic heterocycles. The molecule has 2 atom stereocenters. The first-order valence-electron chi connectivity index (χ1n) is 9.83. The van der Waals surface area contributed by atoms with E-state index in [1.54, 1.807) is 40.8 Å². The van der Waals surface area contributed by atoms with Crippen molar-refractivity contribution in [3.63, 3.8) is 0 Å². The molecule has 1 aliphatic rings. The lowest BCUT2D eigenvalue weighted by atomic mass is 10.2. The molecule has 0 bridgehead atoms. The first-order valence-corrected chi connectivity index (χ1v) is 9.83. The van der Waals surface area contributed by atoms with Gasteiger partial charge in [0.15, 0.2) is 17.0 Å². The summed E-state index contributed by atoms with van der Waals surface area (Å²) in [7, 11) is 5.08. The number of aliphatic hydroxyl groups excluding tert-OH is 1. The number of ether oxygens (including phenoxy) is 1. The van der Waals surface area contributed by atoms with E-state index in [1.807, 2.05) is 0 Å². The molecule has 32 heavy (non-hydrogen) atoms. The lowest BCUT2D eigenvalue weighted by molar-refractivity contribution is -0.118. The summed E-state index contributed by atoms with van der Waals surface area (Å²) in [5.41, 5.74) is 1.64. The van der Waals surface area contributed by atoms with Crippen LogP contribution >= 0.6 is 0 Å². The number of halogens is 1. The molecular weight excluding hydrogens is 421 g/mol. The van der Waals surface area contributed by atoms with Gasteiger partial charge < -0.3 is 29.9 Å². The summed E-state index contributed by atoms with van der Waals surface area (Å²) < 4.78 is 23.3. The molecule has 4 heterocycles. The number of nitrogens with one attached hydrogen (secondary N) is 2. The lowest BCUT2D eigenvalue weighted by Gasteiger charge is -2.18. The Morgan fingerprint density at radius 3 is 2.88 bits per heavy atom. The number of amides is 1. The van der Waals surface area contributed by atoms with Crippen LogP contribution in [0.2, 0.25) is 0 Å². The summed E-state index contributed by atoms with van der Waals surface area (Å²) in [6.07, 6.45) is 2.01. The minimum absolute atomic E-state index is 0.00441. The molecule has 4 rings (SSSR count). The van der Waals surface area contributed by atoms with Crippen molar-refractivity contribution in [2.24, 2.45) is 14.1 Å². The fourth-order valence-electron chi connectivity index (χ4n) is 3.46. The number of nitrogens with zero attached hydrogens (tertiary/aromatic N) is 7. The largest absolute Gasteiger partial charge is 0.478 e. The van der Waals surface area contributed by atoms with Gasteiger partial charge in [0.1, 0.15) is 11.9 Å². The van der Waals surface area contributed by atoms with Crippen LogP contribution in [0.1, 0.15) is 0 Å². The summed E-state index contributed by atoms with van der Waals surface area (Å²) in [6, 6.07) is -0.786. The first-order chi connectivity index (χ1) is 15.3. The number of alkyl halides is 1. The quantitative estimate of drug-likeness (QED) is 0.431. The second-order valence-corrected chi connectivity index (χ2v) is 7.51. The standard InChI is InChI=1S/C19H24FN9O3/c1-10(8-30)17(31)23-12-7-29(5-11(12)20)19-24-15(14-16(25-19)27(2)9-21-14)22-13-6-28(3)26-18(13)32-4/h6,9,11-12,30H,1,5,7-8H2,2-4H3,(H,23,31)(H,22,24,25)/t11-,12-/m1/s1. The normalized spacial score (nSPS) is 18.2. The topological polar surface area (TPSA) is 135 Å². The van der Waals surface area contributed by atoms with E-state index in [-0.39, 0.29) is 24.6 Å². The Bertz CT molecular complexity index is 1170. The van der Waals surface area contributed by atoms with Crippen molar-refractivity contribution in [2.45, 2.75) is 12.2 Å². The van der Waals surface area contributed by atoms with Crippen LogP contribution in [0.15, 0.2) is 24.7 Å². The number of aryl methyl sites for hydroxylation is 2. The highest BCUT2D eigenvalue weighted by Crippen LogP contribution is 2.30. The fourth-order valence-corrected chi connectivity index (χ4v) is 3.46. The number of methoxy groups -OCH3 is 1. The molecule has 12 nitrogen and oxygen atoms in total. The zero-order chi connectivity index (χ0) is 23.0. The number of hydrogen-bond donors (Lipinski definition) is 3. The number of imidazole rings is 1. The van der Waals surface area contributed by atoms with Crippen molar-refractivity contribution in [3.8, 4) is 5.88 Å². The smallest absolute Gasteiger partial charge is 0.256 e. The van der Waals surface area contributed by atoms with Crippen molar-refractivity contribution in [1.82, 2.24) is 34.6 Å². The molecule has 0 unspecified atom stereocenters.